The van der Waals surface area contributed by atoms with Crippen LogP contribution in [-0.4, -0.2) is 18.1 Å². The van der Waals surface area contributed by atoms with Crippen LogP contribution in [0.2, 0.25) is 0 Å². The van der Waals surface area contributed by atoms with E-state index in [2.05, 4.69) is 11.5 Å². The van der Waals surface area contributed by atoms with Gasteiger partial charge in [-0.2, -0.15) is 13.2 Å². The molecule has 0 spiro atoms. The molecule has 3 nitrogen and oxygen atoms in total. The van der Waals surface area contributed by atoms with Crippen LogP contribution in [-0.2, 0) is 4.79 Å². The van der Waals surface area contributed by atoms with Crippen molar-refractivity contribution in [2.75, 3.05) is 0 Å². The molecule has 0 heterocycles. The average molecular weight is 179 g/mol. The van der Waals surface area contributed by atoms with E-state index in [1.807, 2.05) is 0 Å². The van der Waals surface area contributed by atoms with E-state index in [9.17, 15) is 18.0 Å². The second kappa shape index (κ2) is 3.62. The lowest BCUT2D eigenvalue weighted by atomic mass is 10.3. The summed E-state index contributed by atoms with van der Waals surface area (Å²) in [5, 5.41) is 0. The molecule has 7 heteroatoms. The zero-order valence-corrected chi connectivity index (χ0v) is 5.50. The molecule has 1 amide bonds. The Morgan fingerprint density at radius 1 is 1.40 bits per heavy atom. The summed E-state index contributed by atoms with van der Waals surface area (Å²) in [5.41, 5.74) is 8.53. The van der Waals surface area contributed by atoms with Crippen molar-refractivity contribution in [3.8, 4) is 0 Å². The number of carbonyl (C=O) groups is 1. The van der Waals surface area contributed by atoms with E-state index in [0.29, 0.717) is 0 Å². The van der Waals surface area contributed by atoms with Crippen LogP contribution in [0.25, 0.3) is 0 Å². The minimum absolute atomic E-state index is 0. The molecule has 0 aliphatic rings. The maximum absolute atomic E-state index is 11.3. The van der Waals surface area contributed by atoms with Crippen molar-refractivity contribution in [1.29, 1.82) is 0 Å². The van der Waals surface area contributed by atoms with Crippen molar-refractivity contribution in [3.63, 3.8) is 0 Å². The molecule has 0 aromatic heterocycles. The fraction of sp³-hybridized carbons (Fsp3) is 0.667. The molecule has 0 unspecified atom stereocenters. The van der Waals surface area contributed by atoms with E-state index in [-0.39, 0.29) is 12.4 Å². The van der Waals surface area contributed by atoms with Gasteiger partial charge in [-0.25, -0.2) is 0 Å². The third-order valence-electron chi connectivity index (χ3n) is 0.659. The number of halogens is 4. The van der Waals surface area contributed by atoms with E-state index in [1.165, 1.54) is 0 Å². The Morgan fingerprint density at radius 3 is 1.70 bits per heavy atom. The molecule has 0 aliphatic heterocycles. The lowest BCUT2D eigenvalue weighted by molar-refractivity contribution is -0.160. The first kappa shape index (κ1) is 12.2. The lowest BCUT2D eigenvalue weighted by Gasteiger charge is -2.10. The highest BCUT2D eigenvalue weighted by Crippen LogP contribution is 2.17. The van der Waals surface area contributed by atoms with E-state index < -0.39 is 18.1 Å². The predicted molar refractivity (Wildman–Crippen MR) is 30.5 cm³/mol. The average Bonchev–Trinajstić information content (AvgIpc) is 1.62. The van der Waals surface area contributed by atoms with Gasteiger partial charge >= 0.3 is 6.18 Å². The van der Waals surface area contributed by atoms with E-state index in [1.54, 1.807) is 0 Å². The highest BCUT2D eigenvalue weighted by atomic mass is 35.5. The molecule has 0 saturated heterocycles. The number of hydrogen-bond donors (Lipinski definition) is 2. The normalized spacial score (nSPS) is 13.6. The van der Waals surface area contributed by atoms with E-state index >= 15 is 0 Å². The molecule has 10 heavy (non-hydrogen) atoms. The number of nitrogens with two attached hydrogens (primary N) is 2. The first-order chi connectivity index (χ1) is 3.85. The summed E-state index contributed by atoms with van der Waals surface area (Å²) in [6, 6.07) is -2.54. The van der Waals surface area contributed by atoms with Gasteiger partial charge in [-0.1, -0.05) is 0 Å². The van der Waals surface area contributed by atoms with Crippen molar-refractivity contribution >= 4 is 18.3 Å². The van der Waals surface area contributed by atoms with Crippen LogP contribution in [0, 0.1) is 0 Å². The second-order valence-corrected chi connectivity index (χ2v) is 1.42. The second-order valence-electron chi connectivity index (χ2n) is 1.42. The molecule has 0 saturated carbocycles. The van der Waals surface area contributed by atoms with E-state index in [4.69, 9.17) is 0 Å². The summed E-state index contributed by atoms with van der Waals surface area (Å²) < 4.78 is 33.8. The van der Waals surface area contributed by atoms with Crippen molar-refractivity contribution < 1.29 is 18.0 Å². The van der Waals surface area contributed by atoms with Crippen LogP contribution in [0.15, 0.2) is 0 Å². The Morgan fingerprint density at radius 2 is 1.70 bits per heavy atom. The lowest BCUT2D eigenvalue weighted by Crippen LogP contribution is -2.47. The standard InChI is InChI=1S/C3H5F3N2O.ClH/c4-3(5,6)1(7)2(8)9;/h1H,7H2,(H2,8,9);1H/t1-;/m0./s1. The molecule has 1 atom stereocenters. The van der Waals surface area contributed by atoms with Crippen LogP contribution in [0.3, 0.4) is 0 Å². The summed E-state index contributed by atoms with van der Waals surface area (Å²) in [5.74, 6) is -1.57. The summed E-state index contributed by atoms with van der Waals surface area (Å²) in [6.45, 7) is 0. The van der Waals surface area contributed by atoms with Gasteiger partial charge in [0, 0.05) is 0 Å². The predicted octanol–water partition coefficient (Wildman–Crippen LogP) is -0.217. The van der Waals surface area contributed by atoms with Crippen LogP contribution in [0.1, 0.15) is 0 Å². The molecular weight excluding hydrogens is 172 g/mol. The fourth-order valence-corrected chi connectivity index (χ4v) is 0.161. The van der Waals surface area contributed by atoms with Crippen molar-refractivity contribution in [1.82, 2.24) is 0 Å². The van der Waals surface area contributed by atoms with Gasteiger partial charge in [0.15, 0.2) is 6.04 Å². The molecule has 0 aliphatic carbocycles. The fourth-order valence-electron chi connectivity index (χ4n) is 0.161. The van der Waals surface area contributed by atoms with Crippen LogP contribution < -0.4 is 11.5 Å². The van der Waals surface area contributed by atoms with Crippen LogP contribution in [0.4, 0.5) is 13.2 Å². The smallest absolute Gasteiger partial charge is 0.368 e. The zero-order chi connectivity index (χ0) is 7.65. The van der Waals surface area contributed by atoms with Crippen molar-refractivity contribution in [2.24, 2.45) is 11.5 Å². The number of alkyl halides is 3. The van der Waals surface area contributed by atoms with Gasteiger partial charge in [0.05, 0.1) is 0 Å². The molecule has 0 aromatic rings. The Hall–Kier alpha value is -0.490. The van der Waals surface area contributed by atoms with Crippen molar-refractivity contribution in [2.45, 2.75) is 12.2 Å². The molecule has 62 valence electrons. The third-order valence-corrected chi connectivity index (χ3v) is 0.659. The quantitative estimate of drug-likeness (QED) is 0.583. The summed E-state index contributed by atoms with van der Waals surface area (Å²) in [7, 11) is 0. The van der Waals surface area contributed by atoms with Gasteiger partial charge in [-0.15, -0.1) is 12.4 Å². The van der Waals surface area contributed by atoms with Gasteiger partial charge in [0.2, 0.25) is 5.91 Å². The molecule has 0 fully saturated rings. The summed E-state index contributed by atoms with van der Waals surface area (Å²) in [4.78, 5) is 9.72. The van der Waals surface area contributed by atoms with Gasteiger partial charge in [-0.05, 0) is 0 Å². The first-order valence-electron chi connectivity index (χ1n) is 1.97. The zero-order valence-electron chi connectivity index (χ0n) is 4.68. The molecule has 0 radical (unpaired) electrons. The Kier molecular flexibility index (Phi) is 4.42. The van der Waals surface area contributed by atoms with Gasteiger partial charge < -0.3 is 11.5 Å². The maximum atomic E-state index is 11.3. The number of carbonyl (C=O) groups excluding carboxylic acids is 1. The largest absolute Gasteiger partial charge is 0.412 e. The number of amides is 1. The third kappa shape index (κ3) is 3.52. The van der Waals surface area contributed by atoms with Crippen molar-refractivity contribution in [3.05, 3.63) is 0 Å². The first-order valence-corrected chi connectivity index (χ1v) is 1.97. The summed E-state index contributed by atoms with van der Waals surface area (Å²) in [6.07, 6.45) is -4.72. The van der Waals surface area contributed by atoms with E-state index in [0.717, 1.165) is 0 Å². The molecular formula is C3H6ClF3N2O. The van der Waals surface area contributed by atoms with Gasteiger partial charge in [0.25, 0.3) is 0 Å². The molecule has 0 rings (SSSR count). The Labute approximate surface area is 61.0 Å². The minimum atomic E-state index is -4.72. The Bertz CT molecular complexity index is 125. The number of hydrogen-bond acceptors (Lipinski definition) is 2. The SMILES string of the molecule is Cl.NC(=O)[C@H](N)C(F)(F)F. The molecule has 0 bridgehead atoms. The number of primary amides is 1. The van der Waals surface area contributed by atoms with Gasteiger partial charge in [0.1, 0.15) is 0 Å². The highest BCUT2D eigenvalue weighted by Gasteiger charge is 2.40. The van der Waals surface area contributed by atoms with Crippen LogP contribution >= 0.6 is 12.4 Å². The molecule has 4 N–H and O–H groups in total. The van der Waals surface area contributed by atoms with Gasteiger partial charge in [-0.3, -0.25) is 4.79 Å². The summed E-state index contributed by atoms with van der Waals surface area (Å²) >= 11 is 0. The monoisotopic (exact) mass is 178 g/mol. The minimum Gasteiger partial charge on any atom is -0.368 e. The highest BCUT2D eigenvalue weighted by molar-refractivity contribution is 5.85. The maximum Gasteiger partial charge on any atom is 0.412 e. The topological polar surface area (TPSA) is 69.1 Å². The van der Waals surface area contributed by atoms with Crippen LogP contribution in [0.5, 0.6) is 0 Å². The number of rotatable bonds is 1. The molecule has 0 aromatic carbocycles. The Balaban J connectivity index is 0.